The minimum Gasteiger partial charge on any atom is -0.508 e. The zero-order valence-corrected chi connectivity index (χ0v) is 11.6. The van der Waals surface area contributed by atoms with E-state index in [-0.39, 0.29) is 5.75 Å². The number of hydrogen-bond donors (Lipinski definition) is 1. The Morgan fingerprint density at radius 3 is 2.30 bits per heavy atom. The first-order valence-electron chi connectivity index (χ1n) is 6.32. The number of rotatable bonds is 3. The average molecular weight is 309 g/mol. The molecule has 1 saturated heterocycles. The molecule has 1 aromatic rings. The monoisotopic (exact) mass is 308 g/mol. The summed E-state index contributed by atoms with van der Waals surface area (Å²) in [7, 11) is 0. The summed E-state index contributed by atoms with van der Waals surface area (Å²) < 4.78 is 36.8. The van der Waals surface area contributed by atoms with Crippen LogP contribution in [-0.4, -0.2) is 53.8 Å². The maximum atomic E-state index is 12.3. The highest BCUT2D eigenvalue weighted by molar-refractivity contribution is 6.30. The number of aromatic hydroxyl groups is 1. The van der Waals surface area contributed by atoms with E-state index < -0.39 is 12.7 Å². The van der Waals surface area contributed by atoms with Gasteiger partial charge in [0.05, 0.1) is 6.54 Å². The lowest BCUT2D eigenvalue weighted by Crippen LogP contribution is -2.48. The lowest BCUT2D eigenvalue weighted by atomic mass is 10.1. The lowest BCUT2D eigenvalue weighted by Gasteiger charge is -2.35. The predicted octanol–water partition coefficient (Wildman–Crippen LogP) is 2.73. The van der Waals surface area contributed by atoms with Crippen LogP contribution < -0.4 is 0 Å². The quantitative estimate of drug-likeness (QED) is 0.930. The molecular weight excluding hydrogens is 293 g/mol. The topological polar surface area (TPSA) is 26.7 Å². The van der Waals surface area contributed by atoms with E-state index in [9.17, 15) is 18.3 Å². The van der Waals surface area contributed by atoms with Gasteiger partial charge in [-0.15, -0.1) is 0 Å². The lowest BCUT2D eigenvalue weighted by molar-refractivity contribution is -0.149. The molecule has 20 heavy (non-hydrogen) atoms. The van der Waals surface area contributed by atoms with Gasteiger partial charge < -0.3 is 5.11 Å². The molecule has 1 aliphatic heterocycles. The smallest absolute Gasteiger partial charge is 0.401 e. The highest BCUT2D eigenvalue weighted by atomic mass is 35.5. The van der Waals surface area contributed by atoms with Gasteiger partial charge in [-0.1, -0.05) is 11.6 Å². The Labute approximate surface area is 120 Å². The normalized spacial score (nSPS) is 18.4. The van der Waals surface area contributed by atoms with Crippen molar-refractivity contribution in [3.63, 3.8) is 0 Å². The average Bonchev–Trinajstić information content (AvgIpc) is 2.34. The van der Waals surface area contributed by atoms with Gasteiger partial charge in [-0.05, 0) is 18.2 Å². The maximum Gasteiger partial charge on any atom is 0.401 e. The van der Waals surface area contributed by atoms with E-state index in [1.807, 2.05) is 4.90 Å². The van der Waals surface area contributed by atoms with Crippen LogP contribution in [0, 0.1) is 0 Å². The van der Waals surface area contributed by atoms with Crippen molar-refractivity contribution < 1.29 is 18.3 Å². The molecule has 0 spiro atoms. The predicted molar refractivity (Wildman–Crippen MR) is 70.9 cm³/mol. The van der Waals surface area contributed by atoms with Crippen molar-refractivity contribution in [1.29, 1.82) is 0 Å². The van der Waals surface area contributed by atoms with Crippen LogP contribution in [0.2, 0.25) is 5.02 Å². The Kier molecular flexibility index (Phi) is 4.78. The molecule has 1 aliphatic rings. The number of halogens is 4. The molecule has 1 N–H and O–H groups in total. The Balaban J connectivity index is 1.87. The standard InChI is InChI=1S/C13H16ClF3N2O/c14-11-1-2-12(20)10(7-11)8-18-3-5-19(6-4-18)9-13(15,16)17/h1-2,7,20H,3-6,8-9H2. The molecule has 7 heteroatoms. The van der Waals surface area contributed by atoms with Crippen LogP contribution in [0.15, 0.2) is 18.2 Å². The molecule has 2 rings (SSSR count). The summed E-state index contributed by atoms with van der Waals surface area (Å²) >= 11 is 5.87. The van der Waals surface area contributed by atoms with Gasteiger partial charge in [-0.2, -0.15) is 13.2 Å². The SMILES string of the molecule is Oc1ccc(Cl)cc1CN1CCN(CC(F)(F)F)CC1. The second-order valence-electron chi connectivity index (χ2n) is 4.94. The third kappa shape index (κ3) is 4.54. The number of piperazine rings is 1. The summed E-state index contributed by atoms with van der Waals surface area (Å²) in [5.74, 6) is 0.159. The van der Waals surface area contributed by atoms with Crippen molar-refractivity contribution in [2.45, 2.75) is 12.7 Å². The molecule has 0 saturated carbocycles. The molecule has 1 heterocycles. The number of benzene rings is 1. The largest absolute Gasteiger partial charge is 0.508 e. The summed E-state index contributed by atoms with van der Waals surface area (Å²) in [6.07, 6.45) is -4.15. The van der Waals surface area contributed by atoms with Crippen LogP contribution in [-0.2, 0) is 6.54 Å². The van der Waals surface area contributed by atoms with E-state index in [0.29, 0.717) is 43.3 Å². The van der Waals surface area contributed by atoms with Crippen LogP contribution in [0.1, 0.15) is 5.56 Å². The summed E-state index contributed by atoms with van der Waals surface area (Å²) in [4.78, 5) is 3.41. The van der Waals surface area contributed by atoms with Gasteiger partial charge in [0.25, 0.3) is 0 Å². The van der Waals surface area contributed by atoms with E-state index in [1.54, 1.807) is 12.1 Å². The van der Waals surface area contributed by atoms with Crippen LogP contribution in [0.4, 0.5) is 13.2 Å². The summed E-state index contributed by atoms with van der Waals surface area (Å²) in [6, 6.07) is 4.80. The number of alkyl halides is 3. The van der Waals surface area contributed by atoms with Crippen molar-refractivity contribution in [2.75, 3.05) is 32.7 Å². The van der Waals surface area contributed by atoms with Crippen molar-refractivity contribution in [3.8, 4) is 5.75 Å². The van der Waals surface area contributed by atoms with Gasteiger partial charge in [0.15, 0.2) is 0 Å². The molecule has 1 aromatic carbocycles. The third-order valence-electron chi connectivity index (χ3n) is 3.30. The molecule has 3 nitrogen and oxygen atoms in total. The fraction of sp³-hybridized carbons (Fsp3) is 0.538. The van der Waals surface area contributed by atoms with E-state index in [0.717, 1.165) is 0 Å². The number of phenols is 1. The van der Waals surface area contributed by atoms with Crippen LogP contribution >= 0.6 is 11.6 Å². The molecular formula is C13H16ClF3N2O. The second-order valence-corrected chi connectivity index (χ2v) is 5.38. The molecule has 0 atom stereocenters. The van der Waals surface area contributed by atoms with E-state index in [2.05, 4.69) is 0 Å². The van der Waals surface area contributed by atoms with Gasteiger partial charge in [0.1, 0.15) is 5.75 Å². The Hall–Kier alpha value is -0.980. The Morgan fingerprint density at radius 2 is 1.70 bits per heavy atom. The Morgan fingerprint density at radius 1 is 1.10 bits per heavy atom. The zero-order chi connectivity index (χ0) is 14.8. The van der Waals surface area contributed by atoms with Gasteiger partial charge in [0.2, 0.25) is 0 Å². The molecule has 0 unspecified atom stereocenters. The van der Waals surface area contributed by atoms with Gasteiger partial charge >= 0.3 is 6.18 Å². The highest BCUT2D eigenvalue weighted by Crippen LogP contribution is 2.24. The van der Waals surface area contributed by atoms with Crippen LogP contribution in [0.5, 0.6) is 5.75 Å². The van der Waals surface area contributed by atoms with Crippen LogP contribution in [0.3, 0.4) is 0 Å². The molecule has 0 aromatic heterocycles. The van der Waals surface area contributed by atoms with E-state index >= 15 is 0 Å². The molecule has 0 bridgehead atoms. The van der Waals surface area contributed by atoms with Crippen molar-refractivity contribution in [3.05, 3.63) is 28.8 Å². The highest BCUT2D eigenvalue weighted by Gasteiger charge is 2.32. The summed E-state index contributed by atoms with van der Waals surface area (Å²) in [6.45, 7) is 1.47. The minimum absolute atomic E-state index is 0.159. The summed E-state index contributed by atoms with van der Waals surface area (Å²) in [5, 5.41) is 10.3. The Bertz CT molecular complexity index is 459. The minimum atomic E-state index is -4.15. The zero-order valence-electron chi connectivity index (χ0n) is 10.8. The first-order chi connectivity index (χ1) is 9.33. The van der Waals surface area contributed by atoms with E-state index in [1.165, 1.54) is 11.0 Å². The summed E-state index contributed by atoms with van der Waals surface area (Å²) in [5.41, 5.74) is 0.696. The fourth-order valence-corrected chi connectivity index (χ4v) is 2.48. The first kappa shape index (κ1) is 15.4. The van der Waals surface area contributed by atoms with Crippen molar-refractivity contribution in [2.24, 2.45) is 0 Å². The molecule has 0 radical (unpaired) electrons. The number of hydrogen-bond acceptors (Lipinski definition) is 3. The first-order valence-corrected chi connectivity index (χ1v) is 6.70. The van der Waals surface area contributed by atoms with Crippen molar-refractivity contribution in [1.82, 2.24) is 9.80 Å². The van der Waals surface area contributed by atoms with E-state index in [4.69, 9.17) is 11.6 Å². The fourth-order valence-electron chi connectivity index (χ4n) is 2.28. The van der Waals surface area contributed by atoms with Crippen LogP contribution in [0.25, 0.3) is 0 Å². The van der Waals surface area contributed by atoms with Gasteiger partial charge in [0, 0.05) is 43.3 Å². The maximum absolute atomic E-state index is 12.3. The number of nitrogens with zero attached hydrogens (tertiary/aromatic N) is 2. The molecule has 1 fully saturated rings. The number of phenolic OH excluding ortho intramolecular Hbond substituents is 1. The second kappa shape index (κ2) is 6.20. The molecule has 0 aliphatic carbocycles. The molecule has 0 amide bonds. The van der Waals surface area contributed by atoms with Gasteiger partial charge in [-0.3, -0.25) is 9.80 Å². The van der Waals surface area contributed by atoms with Gasteiger partial charge in [-0.25, -0.2) is 0 Å². The van der Waals surface area contributed by atoms with Crippen molar-refractivity contribution >= 4 is 11.6 Å². The molecule has 112 valence electrons. The third-order valence-corrected chi connectivity index (χ3v) is 3.54.